The fourth-order valence-electron chi connectivity index (χ4n) is 11.4. The van der Waals surface area contributed by atoms with Gasteiger partial charge >= 0.3 is 6.09 Å². The highest BCUT2D eigenvalue weighted by Crippen LogP contribution is 2.32. The lowest BCUT2D eigenvalue weighted by molar-refractivity contribution is 0.0526. The number of carbonyl (C=O) groups excluding carboxylic acids is 6. The number of nitrogens with zero attached hydrogens (tertiary/aromatic N) is 22. The molecule has 34 nitrogen and oxygen atoms in total. The number of aliphatic hydroxyl groups is 1. The van der Waals surface area contributed by atoms with E-state index in [0.29, 0.717) is 103 Å². The molecule has 6 aromatic heterocycles. The average molecular weight is 1650 g/mol. The van der Waals surface area contributed by atoms with Gasteiger partial charge in [-0.05, 0) is 125 Å². The molecule has 35 heteroatoms. The van der Waals surface area contributed by atoms with E-state index in [9.17, 15) is 42.3 Å². The Morgan fingerprint density at radius 3 is 1.46 bits per heavy atom. The van der Waals surface area contributed by atoms with Crippen molar-refractivity contribution >= 4 is 84.1 Å². The number of hydrogen-bond donors (Lipinski definition) is 3. The van der Waals surface area contributed by atoms with Crippen molar-refractivity contribution < 1.29 is 47.0 Å². The van der Waals surface area contributed by atoms with E-state index in [1.807, 2.05) is 201 Å². The van der Waals surface area contributed by atoms with Crippen LogP contribution in [0.15, 0.2) is 192 Å². The zero-order valence-corrected chi connectivity index (χ0v) is 71.1. The number of aromatic nitrogens is 18. The van der Waals surface area contributed by atoms with Gasteiger partial charge in [-0.15, -0.1) is 30.6 Å². The molecule has 0 aliphatic heterocycles. The summed E-state index contributed by atoms with van der Waals surface area (Å²) in [5, 5.41) is 71.3. The van der Waals surface area contributed by atoms with Crippen molar-refractivity contribution in [3.63, 3.8) is 0 Å². The Hall–Kier alpha value is -13.1. The van der Waals surface area contributed by atoms with Crippen LogP contribution < -0.4 is 20.4 Å². The number of anilines is 3. The number of alkyl carbamates (subject to hydrolysis) is 1. The number of benzene rings is 6. The van der Waals surface area contributed by atoms with E-state index in [0.717, 1.165) is 81.7 Å². The number of unbranched alkanes of at least 4 members (excludes halogenated alkanes) is 5. The van der Waals surface area contributed by atoms with Crippen molar-refractivity contribution in [3.8, 4) is 0 Å². The van der Waals surface area contributed by atoms with E-state index >= 15 is 0 Å². The molecule has 12 rings (SSSR count). The Morgan fingerprint density at radius 1 is 0.487 bits per heavy atom. The minimum atomic E-state index is -3.36. The van der Waals surface area contributed by atoms with Crippen LogP contribution in [-0.4, -0.2) is 192 Å². The molecule has 0 saturated carbocycles. The molecule has 0 aliphatic carbocycles. The molecule has 12 aromatic rings. The largest absolute Gasteiger partial charge is 0.444 e. The highest BCUT2D eigenvalue weighted by Gasteiger charge is 2.21. The standard InChI is InChI=1S/C23H30N4O3S.C20H22N6O.C13H22N4O3.C13H16N4O.C10H11N3O.C5H7N3O/c1-26(2)21-13-9-12-19-18(21)11-10-15-23(19)31(29,30)16-8-6-4-5-7-14-22(28)20-17-27(3)25-24-20;1-25(2)19-11-8-17(9-12-19)22-21-16-6-4-15(5-7-16)20(27)13-10-18-14-26(3)24-23-18;1-13(2,3)20-12(19)14-8-6-5-7-11(18)10-9-17(4)16-15-10;1-14-12-6-4-3-5-11(12)13(18)8-7-10-9-17(2)16-15-10;1-13-7-9(11-12-13)10(14)8-5-3-2-4-6-8;1-4(9)5-3-8(2)7-6-5/h9-13,15,17H,4-8,14,16H2,1-3H3;4-9,11-12,14H,10,13H2,1-3H3;9H,5-8H2,1-4H3,(H,14,19);3-6,9,14H,7-8H2,1-2H3;2-7,10,14H,1H3;3H,1-2H3. The van der Waals surface area contributed by atoms with Crippen LogP contribution in [0, 0.1) is 0 Å². The molecular formula is C84H108N24O10S. The van der Waals surface area contributed by atoms with Gasteiger partial charge in [0.15, 0.2) is 38.8 Å². The Bertz CT molecular complexity index is 5350. The van der Waals surface area contributed by atoms with Crippen LogP contribution in [-0.2, 0) is 69.7 Å². The normalized spacial score (nSPS) is 11.2. The first-order valence-corrected chi connectivity index (χ1v) is 40.4. The number of aliphatic hydroxyl groups excluding tert-OH is 1. The van der Waals surface area contributed by atoms with Crippen LogP contribution in [0.25, 0.3) is 10.8 Å². The van der Waals surface area contributed by atoms with E-state index in [1.165, 1.54) is 21.0 Å². The number of nitrogens with one attached hydrogen (secondary N) is 2. The molecule has 0 saturated heterocycles. The second-order valence-corrected chi connectivity index (χ2v) is 31.3. The first-order valence-electron chi connectivity index (χ1n) is 38.7. The first kappa shape index (κ1) is 93.1. The maximum Gasteiger partial charge on any atom is 0.407 e. The lowest BCUT2D eigenvalue weighted by atomic mass is 10.0. The summed E-state index contributed by atoms with van der Waals surface area (Å²) >= 11 is 0. The number of sulfone groups is 1. The Balaban J connectivity index is 0.000000204. The number of rotatable bonds is 32. The molecule has 0 bridgehead atoms. The minimum absolute atomic E-state index is 0.00345. The minimum Gasteiger partial charge on any atom is -0.444 e. The number of hydrogen-bond acceptors (Lipinski definition) is 27. The van der Waals surface area contributed by atoms with Crippen molar-refractivity contribution in [1.82, 2.24) is 95.3 Å². The molecule has 6 heterocycles. The number of carbonyl (C=O) groups is 6. The van der Waals surface area contributed by atoms with Crippen molar-refractivity contribution in [2.75, 3.05) is 62.7 Å². The number of Topliss-reactive ketones (excluding diaryl/α,β-unsaturated/α-hetero) is 5. The lowest BCUT2D eigenvalue weighted by Gasteiger charge is -2.19. The van der Waals surface area contributed by atoms with Gasteiger partial charge in [0.2, 0.25) is 0 Å². The molecular weight excluding hydrogens is 1540 g/mol. The number of fused-ring (bicyclic) bond motifs is 1. The summed E-state index contributed by atoms with van der Waals surface area (Å²) in [6.45, 7) is 7.39. The average Bonchev–Trinajstić information content (AvgIpc) is 1.36. The SMILES string of the molecule is CC(=O)c1cn(C)nn1.CN(C)c1ccc(N=Nc2ccc(C(=O)CCc3cn(C)nn3)cc2)cc1.CN(C)c1cccc2c(S(=O)(=O)CCCCCCCC(=O)c3cn(C)nn3)cccc12.CNc1ccccc1C(=O)CCc1cn(C)nn1.Cn1cc(C(=O)CCCCNC(=O)OC(C)(C)C)nn1.Cn1cc(C(O)c2ccccc2)nn1. The Kier molecular flexibility index (Phi) is 36.5. The number of amides is 1. The van der Waals surface area contributed by atoms with Gasteiger partial charge in [0.05, 0.1) is 58.2 Å². The summed E-state index contributed by atoms with van der Waals surface area (Å²) in [5.41, 5.74) is 9.61. The molecule has 630 valence electrons. The fourth-order valence-corrected chi connectivity index (χ4v) is 13.0. The maximum absolute atomic E-state index is 13.0. The second-order valence-electron chi connectivity index (χ2n) is 29.2. The molecule has 119 heavy (non-hydrogen) atoms. The van der Waals surface area contributed by atoms with Crippen LogP contribution in [0.1, 0.15) is 179 Å². The van der Waals surface area contributed by atoms with Gasteiger partial charge in [0.1, 0.15) is 34.5 Å². The third-order valence-corrected chi connectivity index (χ3v) is 19.4. The van der Waals surface area contributed by atoms with Crippen molar-refractivity contribution in [1.29, 1.82) is 0 Å². The molecule has 0 fully saturated rings. The van der Waals surface area contributed by atoms with Crippen molar-refractivity contribution in [2.24, 2.45) is 52.5 Å². The Labute approximate surface area is 693 Å². The maximum atomic E-state index is 13.0. The summed E-state index contributed by atoms with van der Waals surface area (Å²) in [4.78, 5) is 74.5. The molecule has 1 unspecified atom stereocenters. The highest BCUT2D eigenvalue weighted by molar-refractivity contribution is 7.91. The number of ketones is 5. The Morgan fingerprint density at radius 2 is 0.966 bits per heavy atom. The molecule has 0 spiro atoms. The third kappa shape index (κ3) is 31.8. The van der Waals surface area contributed by atoms with Crippen LogP contribution in [0.4, 0.5) is 33.2 Å². The van der Waals surface area contributed by atoms with E-state index in [4.69, 9.17) is 4.74 Å². The molecule has 0 radical (unpaired) electrons. The van der Waals surface area contributed by atoms with Crippen molar-refractivity contribution in [2.45, 2.75) is 128 Å². The van der Waals surface area contributed by atoms with E-state index in [2.05, 4.69) is 82.7 Å². The van der Waals surface area contributed by atoms with E-state index in [-0.39, 0.29) is 34.7 Å². The topological polar surface area (TPSA) is 406 Å². The molecule has 1 atom stereocenters. The number of para-hydroxylation sites is 1. The van der Waals surface area contributed by atoms with Crippen LogP contribution in [0.3, 0.4) is 0 Å². The number of aryl methyl sites for hydroxylation is 8. The monoisotopic (exact) mass is 1640 g/mol. The van der Waals surface area contributed by atoms with Gasteiger partial charge in [0, 0.05) is 181 Å². The zero-order valence-electron chi connectivity index (χ0n) is 70.3. The van der Waals surface area contributed by atoms with Gasteiger partial charge in [-0.1, -0.05) is 117 Å². The number of ether oxygens (including phenoxy) is 1. The third-order valence-electron chi connectivity index (χ3n) is 17.6. The first-order chi connectivity index (χ1) is 56.7. The molecule has 0 aliphatic rings. The summed E-state index contributed by atoms with van der Waals surface area (Å²) in [7, 11) is 16.9. The van der Waals surface area contributed by atoms with Crippen LogP contribution >= 0.6 is 0 Å². The fraction of sp³-hybridized carbons (Fsp3) is 0.381. The summed E-state index contributed by atoms with van der Waals surface area (Å²) in [6, 6.07) is 43.2. The van der Waals surface area contributed by atoms with Gasteiger partial charge in [-0.2, -0.15) is 10.2 Å². The van der Waals surface area contributed by atoms with Gasteiger partial charge in [0.25, 0.3) is 0 Å². The second kappa shape index (κ2) is 46.6. The van der Waals surface area contributed by atoms with E-state index < -0.39 is 27.6 Å². The smallest absolute Gasteiger partial charge is 0.407 e. The van der Waals surface area contributed by atoms with Gasteiger partial charge in [-0.25, -0.2) is 13.2 Å². The predicted molar refractivity (Wildman–Crippen MR) is 454 cm³/mol. The quantitative estimate of drug-likeness (QED) is 0.0200. The van der Waals surface area contributed by atoms with Gasteiger partial charge < -0.3 is 30.3 Å². The highest BCUT2D eigenvalue weighted by atomic mass is 32.2. The molecule has 3 N–H and O–H groups in total. The van der Waals surface area contributed by atoms with E-state index in [1.54, 1.807) is 97.4 Å². The number of azo groups is 1. The lowest BCUT2D eigenvalue weighted by Crippen LogP contribution is -2.33. The zero-order chi connectivity index (χ0) is 86.6. The molecule has 1 amide bonds. The summed E-state index contributed by atoms with van der Waals surface area (Å²) in [6.07, 6.45) is 17.3. The van der Waals surface area contributed by atoms with Crippen LogP contribution in [0.2, 0.25) is 0 Å². The van der Waals surface area contributed by atoms with Crippen molar-refractivity contribution in [3.05, 3.63) is 228 Å². The predicted octanol–water partition coefficient (Wildman–Crippen LogP) is 12.4. The van der Waals surface area contributed by atoms with Crippen LogP contribution in [0.5, 0.6) is 0 Å². The van der Waals surface area contributed by atoms with Gasteiger partial charge in [-0.3, -0.25) is 52.1 Å². The molecule has 6 aromatic carbocycles. The summed E-state index contributed by atoms with van der Waals surface area (Å²) in [5.74, 6) is 0.243. The summed E-state index contributed by atoms with van der Waals surface area (Å²) < 4.78 is 40.4.